The van der Waals surface area contributed by atoms with E-state index in [4.69, 9.17) is 0 Å². The zero-order valence-electron chi connectivity index (χ0n) is 12.0. The highest BCUT2D eigenvalue weighted by atomic mass is 32.1. The summed E-state index contributed by atoms with van der Waals surface area (Å²) in [4.78, 5) is 16.6. The number of hydrogen-bond donors (Lipinski definition) is 1. The fourth-order valence-corrected chi connectivity index (χ4v) is 3.13. The van der Waals surface area contributed by atoms with Gasteiger partial charge in [-0.05, 0) is 19.1 Å². The maximum atomic E-state index is 12.7. The van der Waals surface area contributed by atoms with E-state index in [0.29, 0.717) is 16.7 Å². The van der Waals surface area contributed by atoms with Gasteiger partial charge in [-0.15, -0.1) is 10.2 Å². The molecule has 0 saturated heterocycles. The number of likely N-dealkylation sites (N-methyl/N-ethyl adjacent to an activating group) is 1. The van der Waals surface area contributed by atoms with E-state index < -0.39 is 0 Å². The van der Waals surface area contributed by atoms with Crippen molar-refractivity contribution in [1.82, 2.24) is 10.2 Å². The molecule has 0 atom stereocenters. The van der Waals surface area contributed by atoms with Crippen LogP contribution in [-0.4, -0.2) is 42.8 Å². The third-order valence-electron chi connectivity index (χ3n) is 3.42. The molecule has 0 saturated carbocycles. The molecule has 0 radical (unpaired) electrons. The van der Waals surface area contributed by atoms with Gasteiger partial charge in [0.25, 0.3) is 5.91 Å². The van der Waals surface area contributed by atoms with Crippen molar-refractivity contribution < 1.29 is 4.79 Å². The molecule has 0 unspecified atom stereocenters. The number of nitrogens with one attached hydrogen (secondary N) is 1. The van der Waals surface area contributed by atoms with Gasteiger partial charge in [-0.3, -0.25) is 4.79 Å². The predicted molar refractivity (Wildman–Crippen MR) is 85.5 cm³/mol. The van der Waals surface area contributed by atoms with Crippen molar-refractivity contribution in [3.05, 3.63) is 29.3 Å². The summed E-state index contributed by atoms with van der Waals surface area (Å²) in [6.45, 7) is 4.21. The van der Waals surface area contributed by atoms with Gasteiger partial charge in [0.1, 0.15) is 0 Å². The summed E-state index contributed by atoms with van der Waals surface area (Å²) in [6, 6.07) is 7.92. The average Bonchev–Trinajstić information content (AvgIpc) is 2.96. The molecule has 21 heavy (non-hydrogen) atoms. The summed E-state index contributed by atoms with van der Waals surface area (Å²) in [5.41, 5.74) is 1.99. The minimum absolute atomic E-state index is 0.0859. The Kier molecular flexibility index (Phi) is 3.74. The van der Waals surface area contributed by atoms with Crippen LogP contribution >= 0.6 is 11.3 Å². The molecule has 1 amide bonds. The predicted octanol–water partition coefficient (Wildman–Crippen LogP) is 2.07. The monoisotopic (exact) mass is 303 g/mol. The smallest absolute Gasteiger partial charge is 0.289 e. The Labute approximate surface area is 127 Å². The van der Waals surface area contributed by atoms with E-state index in [0.717, 1.165) is 24.5 Å². The van der Waals surface area contributed by atoms with Crippen molar-refractivity contribution >= 4 is 33.8 Å². The van der Waals surface area contributed by atoms with E-state index in [-0.39, 0.29) is 5.91 Å². The first-order valence-corrected chi connectivity index (χ1v) is 7.71. The zero-order chi connectivity index (χ0) is 14.8. The first kappa shape index (κ1) is 13.8. The molecule has 2 heterocycles. The van der Waals surface area contributed by atoms with Crippen LogP contribution in [0, 0.1) is 0 Å². The molecular formula is C14H17N5OS. The zero-order valence-corrected chi connectivity index (χ0v) is 12.9. The molecule has 1 N–H and O–H groups in total. The lowest BCUT2D eigenvalue weighted by molar-refractivity contribution is 0.0985. The second kappa shape index (κ2) is 5.69. The number of benzene rings is 1. The highest BCUT2D eigenvalue weighted by Gasteiger charge is 2.27. The number of hydrogen-bond acceptors (Lipinski definition) is 6. The van der Waals surface area contributed by atoms with E-state index in [1.807, 2.05) is 38.2 Å². The molecule has 7 heteroatoms. The van der Waals surface area contributed by atoms with E-state index in [1.165, 1.54) is 11.3 Å². The van der Waals surface area contributed by atoms with Crippen molar-refractivity contribution in [3.8, 4) is 0 Å². The lowest BCUT2D eigenvalue weighted by Gasteiger charge is -2.35. The Morgan fingerprint density at radius 2 is 2.05 bits per heavy atom. The minimum Gasteiger partial charge on any atom is -0.371 e. The maximum Gasteiger partial charge on any atom is 0.289 e. The minimum atomic E-state index is -0.0859. The average molecular weight is 303 g/mol. The number of carbonyl (C=O) groups is 1. The van der Waals surface area contributed by atoms with Gasteiger partial charge < -0.3 is 15.1 Å². The number of anilines is 3. The second-order valence-electron chi connectivity index (χ2n) is 4.81. The molecule has 1 aromatic carbocycles. The fraction of sp³-hybridized carbons (Fsp3) is 0.357. The number of nitrogens with zero attached hydrogens (tertiary/aromatic N) is 4. The van der Waals surface area contributed by atoms with E-state index in [9.17, 15) is 4.79 Å². The van der Waals surface area contributed by atoms with Crippen molar-refractivity contribution in [2.45, 2.75) is 6.92 Å². The molecule has 0 bridgehead atoms. The second-order valence-corrected chi connectivity index (χ2v) is 5.79. The number of para-hydroxylation sites is 2. The van der Waals surface area contributed by atoms with Gasteiger partial charge in [0.2, 0.25) is 10.1 Å². The summed E-state index contributed by atoms with van der Waals surface area (Å²) in [5.74, 6) is -0.0859. The van der Waals surface area contributed by atoms with Gasteiger partial charge >= 0.3 is 0 Å². The first-order valence-electron chi connectivity index (χ1n) is 6.90. The van der Waals surface area contributed by atoms with Crippen LogP contribution in [0.2, 0.25) is 0 Å². The summed E-state index contributed by atoms with van der Waals surface area (Å²) in [7, 11) is 2.04. The Balaban J connectivity index is 1.89. The largest absolute Gasteiger partial charge is 0.371 e. The molecule has 3 rings (SSSR count). The molecule has 1 aliphatic rings. The van der Waals surface area contributed by atoms with Gasteiger partial charge in [0, 0.05) is 26.7 Å². The maximum absolute atomic E-state index is 12.7. The van der Waals surface area contributed by atoms with Crippen molar-refractivity contribution in [3.63, 3.8) is 0 Å². The van der Waals surface area contributed by atoms with Crippen LogP contribution in [-0.2, 0) is 0 Å². The van der Waals surface area contributed by atoms with E-state index in [2.05, 4.69) is 20.4 Å². The van der Waals surface area contributed by atoms with Crippen LogP contribution in [0.15, 0.2) is 24.3 Å². The van der Waals surface area contributed by atoms with Crippen molar-refractivity contribution in [2.75, 3.05) is 41.8 Å². The first-order chi connectivity index (χ1) is 10.2. The lowest BCUT2D eigenvalue weighted by atomic mass is 10.1. The van der Waals surface area contributed by atoms with E-state index in [1.54, 1.807) is 4.90 Å². The molecule has 0 aliphatic carbocycles. The Hall–Kier alpha value is -2.15. The Bertz CT molecular complexity index is 656. The molecule has 2 aromatic rings. The third-order valence-corrected chi connectivity index (χ3v) is 4.29. The summed E-state index contributed by atoms with van der Waals surface area (Å²) in [6.07, 6.45) is 0. The normalized spacial score (nSPS) is 14.0. The molecule has 1 aliphatic heterocycles. The highest BCUT2D eigenvalue weighted by Crippen LogP contribution is 2.33. The Morgan fingerprint density at radius 3 is 2.81 bits per heavy atom. The van der Waals surface area contributed by atoms with Crippen LogP contribution in [0.5, 0.6) is 0 Å². The van der Waals surface area contributed by atoms with E-state index >= 15 is 0 Å². The van der Waals surface area contributed by atoms with Crippen LogP contribution in [0.1, 0.15) is 16.7 Å². The SMILES string of the molecule is CCNc1nnc(C(=O)N2CCN(C)c3ccccc32)s1. The highest BCUT2D eigenvalue weighted by molar-refractivity contribution is 7.17. The summed E-state index contributed by atoms with van der Waals surface area (Å²) < 4.78 is 0. The van der Waals surface area contributed by atoms with Crippen LogP contribution in [0.3, 0.4) is 0 Å². The molecule has 0 fully saturated rings. The van der Waals surface area contributed by atoms with Crippen LogP contribution in [0.4, 0.5) is 16.5 Å². The van der Waals surface area contributed by atoms with Gasteiger partial charge in [-0.1, -0.05) is 23.5 Å². The third kappa shape index (κ3) is 2.56. The molecular weight excluding hydrogens is 286 g/mol. The van der Waals surface area contributed by atoms with Crippen LogP contribution in [0.25, 0.3) is 0 Å². The molecule has 0 spiro atoms. The topological polar surface area (TPSA) is 61.4 Å². The number of aromatic nitrogens is 2. The van der Waals surface area contributed by atoms with Crippen molar-refractivity contribution in [1.29, 1.82) is 0 Å². The molecule has 110 valence electrons. The van der Waals surface area contributed by atoms with Crippen LogP contribution < -0.4 is 15.1 Å². The van der Waals surface area contributed by atoms with Gasteiger partial charge in [0.05, 0.1) is 11.4 Å². The Morgan fingerprint density at radius 1 is 1.29 bits per heavy atom. The van der Waals surface area contributed by atoms with Crippen molar-refractivity contribution in [2.24, 2.45) is 0 Å². The quantitative estimate of drug-likeness (QED) is 0.940. The molecule has 1 aromatic heterocycles. The molecule has 6 nitrogen and oxygen atoms in total. The summed E-state index contributed by atoms with van der Waals surface area (Å²) >= 11 is 1.30. The standard InChI is InChI=1S/C14H17N5OS/c1-3-15-14-17-16-12(21-14)13(20)19-9-8-18(2)10-6-4-5-7-11(10)19/h4-7H,3,8-9H2,1-2H3,(H,15,17). The lowest BCUT2D eigenvalue weighted by Crippen LogP contribution is -2.42. The van der Waals surface area contributed by atoms with Gasteiger partial charge in [-0.25, -0.2) is 0 Å². The number of fused-ring (bicyclic) bond motifs is 1. The number of carbonyl (C=O) groups excluding carboxylic acids is 1. The summed E-state index contributed by atoms with van der Waals surface area (Å²) in [5, 5.41) is 12.2. The number of amides is 1. The fourth-order valence-electron chi connectivity index (χ4n) is 2.36. The number of rotatable bonds is 3. The van der Waals surface area contributed by atoms with Gasteiger partial charge in [-0.2, -0.15) is 0 Å². The van der Waals surface area contributed by atoms with Gasteiger partial charge in [0.15, 0.2) is 0 Å².